The Bertz CT molecular complexity index is 1270. The lowest BCUT2D eigenvalue weighted by Gasteiger charge is -2.37. The van der Waals surface area contributed by atoms with Gasteiger partial charge in [0.05, 0.1) is 5.02 Å². The number of hydrogen-bond donors (Lipinski definition) is 3. The Morgan fingerprint density at radius 3 is 2.70 bits per heavy atom. The van der Waals surface area contributed by atoms with Crippen LogP contribution in [-0.2, 0) is 9.53 Å². The van der Waals surface area contributed by atoms with Crippen molar-refractivity contribution in [3.63, 3.8) is 0 Å². The maximum absolute atomic E-state index is 13.0. The van der Waals surface area contributed by atoms with Crippen LogP contribution in [0.4, 0.5) is 0 Å². The number of fused-ring (bicyclic) bond motifs is 1. The van der Waals surface area contributed by atoms with Crippen molar-refractivity contribution in [1.29, 1.82) is 0 Å². The molecule has 8 nitrogen and oxygen atoms in total. The van der Waals surface area contributed by atoms with Gasteiger partial charge in [-0.25, -0.2) is 0 Å². The maximum Gasteiger partial charge on any atom is 0.322 e. The van der Waals surface area contributed by atoms with Crippen LogP contribution in [0.5, 0.6) is 11.5 Å². The largest absolute Gasteiger partial charge is 0.507 e. The number of likely N-dealkylation sites (N-methyl/N-ethyl adjacent to an activating group) is 1. The molecule has 174 valence electrons. The summed E-state index contributed by atoms with van der Waals surface area (Å²) in [6.07, 6.45) is -0.129. The lowest BCUT2D eigenvalue weighted by molar-refractivity contribution is -0.153. The first-order valence-electron chi connectivity index (χ1n) is 10.6. The molecule has 1 aliphatic heterocycles. The Balaban J connectivity index is 1.93. The molecule has 2 aromatic carbocycles. The zero-order chi connectivity index (χ0) is 23.9. The lowest BCUT2D eigenvalue weighted by Crippen LogP contribution is -2.45. The Morgan fingerprint density at radius 1 is 1.27 bits per heavy atom. The molecular weight excluding hydrogens is 448 g/mol. The van der Waals surface area contributed by atoms with Crippen LogP contribution in [0, 0.1) is 0 Å². The molecule has 9 heteroatoms. The summed E-state index contributed by atoms with van der Waals surface area (Å²) in [5, 5.41) is 21.6. The summed E-state index contributed by atoms with van der Waals surface area (Å²) < 4.78 is 11.8. The van der Waals surface area contributed by atoms with Gasteiger partial charge >= 0.3 is 5.97 Å². The van der Waals surface area contributed by atoms with E-state index in [0.717, 1.165) is 6.07 Å². The summed E-state index contributed by atoms with van der Waals surface area (Å²) >= 11 is 6.30. The van der Waals surface area contributed by atoms with Crippen molar-refractivity contribution >= 4 is 28.5 Å². The monoisotopic (exact) mass is 472 g/mol. The molecule has 0 bridgehead atoms. The van der Waals surface area contributed by atoms with Crippen molar-refractivity contribution in [1.82, 2.24) is 4.90 Å². The second-order valence-electron chi connectivity index (χ2n) is 8.41. The first-order chi connectivity index (χ1) is 15.7. The number of esters is 1. The van der Waals surface area contributed by atoms with Crippen molar-refractivity contribution in [2.24, 2.45) is 5.73 Å². The van der Waals surface area contributed by atoms with Crippen molar-refractivity contribution < 1.29 is 24.2 Å². The average molecular weight is 473 g/mol. The van der Waals surface area contributed by atoms with E-state index >= 15 is 0 Å². The summed E-state index contributed by atoms with van der Waals surface area (Å²) in [5.41, 5.74) is 6.03. The number of ether oxygens (including phenoxy) is 1. The van der Waals surface area contributed by atoms with E-state index in [-0.39, 0.29) is 22.5 Å². The Labute approximate surface area is 195 Å². The van der Waals surface area contributed by atoms with Gasteiger partial charge < -0.3 is 30.0 Å². The highest BCUT2D eigenvalue weighted by Gasteiger charge is 2.37. The summed E-state index contributed by atoms with van der Waals surface area (Å²) in [5.74, 6) is -1.52. The molecule has 4 rings (SSSR count). The third-order valence-electron chi connectivity index (χ3n) is 5.91. The number of piperidine rings is 1. The van der Waals surface area contributed by atoms with Gasteiger partial charge in [0, 0.05) is 35.7 Å². The standard InChI is InChI=1S/C24H25ClN2O6/c1-12(26)24(31)33-20-11-27(2)8-7-14(20)21-16(28)9-17(29)22-18(30)10-19(32-23(21)22)13-5-3-4-6-15(13)25/h3-6,9-10,12,14,20,28-29H,7-8,11,26H2,1-2H3/t12-,14?,20?/m0/s1. The molecule has 0 aliphatic carbocycles. The van der Waals surface area contributed by atoms with Crippen LogP contribution in [0.3, 0.4) is 0 Å². The van der Waals surface area contributed by atoms with Crippen molar-refractivity contribution in [2.75, 3.05) is 20.1 Å². The molecule has 4 N–H and O–H groups in total. The van der Waals surface area contributed by atoms with Gasteiger partial charge in [0.15, 0.2) is 5.43 Å². The quantitative estimate of drug-likeness (QED) is 0.494. The number of aromatic hydroxyl groups is 2. The fourth-order valence-corrected chi connectivity index (χ4v) is 4.48. The molecule has 33 heavy (non-hydrogen) atoms. The van der Waals surface area contributed by atoms with Crippen LogP contribution in [0.25, 0.3) is 22.3 Å². The highest BCUT2D eigenvalue weighted by molar-refractivity contribution is 6.33. The number of hydrogen-bond acceptors (Lipinski definition) is 8. The lowest BCUT2D eigenvalue weighted by atomic mass is 9.85. The molecule has 3 atom stereocenters. The van der Waals surface area contributed by atoms with Crippen molar-refractivity contribution in [2.45, 2.75) is 31.4 Å². The van der Waals surface area contributed by atoms with E-state index in [2.05, 4.69) is 0 Å². The highest BCUT2D eigenvalue weighted by Crippen LogP contribution is 2.43. The number of likely N-dealkylation sites (tertiary alicyclic amines) is 1. The van der Waals surface area contributed by atoms with E-state index in [4.69, 9.17) is 26.5 Å². The number of nitrogens with two attached hydrogens (primary N) is 1. The normalized spacial score (nSPS) is 20.0. The molecule has 1 aliphatic rings. The number of phenols is 2. The Morgan fingerprint density at radius 2 is 2.00 bits per heavy atom. The minimum absolute atomic E-state index is 0.0336. The fourth-order valence-electron chi connectivity index (χ4n) is 4.25. The van der Waals surface area contributed by atoms with E-state index in [9.17, 15) is 19.8 Å². The Kier molecular flexibility index (Phi) is 6.34. The molecule has 0 spiro atoms. The average Bonchev–Trinajstić information content (AvgIpc) is 2.74. The predicted molar refractivity (Wildman–Crippen MR) is 125 cm³/mol. The van der Waals surface area contributed by atoms with Gasteiger partial charge in [-0.2, -0.15) is 0 Å². The third-order valence-corrected chi connectivity index (χ3v) is 6.24. The minimum atomic E-state index is -0.812. The number of phenolic OH excluding ortho intramolecular Hbond substituents is 2. The summed E-state index contributed by atoms with van der Waals surface area (Å²) in [7, 11) is 1.90. The second kappa shape index (κ2) is 9.05. The molecule has 2 heterocycles. The predicted octanol–water partition coefficient (Wildman–Crippen LogP) is 3.20. The van der Waals surface area contributed by atoms with Gasteiger partial charge in [-0.1, -0.05) is 23.7 Å². The van der Waals surface area contributed by atoms with Crippen LogP contribution in [0.15, 0.2) is 45.6 Å². The second-order valence-corrected chi connectivity index (χ2v) is 8.82. The molecule has 0 amide bonds. The molecular formula is C24H25ClN2O6. The molecule has 3 aromatic rings. The number of carbonyl (C=O) groups is 1. The van der Waals surface area contributed by atoms with Gasteiger partial charge in [0.25, 0.3) is 0 Å². The van der Waals surface area contributed by atoms with Crippen LogP contribution < -0.4 is 11.2 Å². The zero-order valence-electron chi connectivity index (χ0n) is 18.2. The number of carbonyl (C=O) groups excluding carboxylic acids is 1. The Hall–Kier alpha value is -3.07. The van der Waals surface area contributed by atoms with E-state index in [0.29, 0.717) is 35.7 Å². The summed E-state index contributed by atoms with van der Waals surface area (Å²) in [4.78, 5) is 27.3. The van der Waals surface area contributed by atoms with E-state index in [1.165, 1.54) is 13.0 Å². The first-order valence-corrected chi connectivity index (χ1v) is 11.0. The fraction of sp³-hybridized carbons (Fsp3) is 0.333. The van der Waals surface area contributed by atoms with Crippen molar-refractivity contribution in [3.8, 4) is 22.8 Å². The van der Waals surface area contributed by atoms with Gasteiger partial charge in [0.1, 0.15) is 40.4 Å². The van der Waals surface area contributed by atoms with Gasteiger partial charge in [0.2, 0.25) is 0 Å². The maximum atomic E-state index is 13.0. The molecule has 1 aromatic heterocycles. The van der Waals surface area contributed by atoms with Gasteiger partial charge in [-0.3, -0.25) is 9.59 Å². The SMILES string of the molecule is C[C@H](N)C(=O)OC1CN(C)CCC1c1c(O)cc(O)c2c(=O)cc(-c3ccccc3Cl)oc12. The highest BCUT2D eigenvalue weighted by atomic mass is 35.5. The third kappa shape index (κ3) is 4.42. The molecule has 0 radical (unpaired) electrons. The van der Waals surface area contributed by atoms with Crippen LogP contribution in [0.1, 0.15) is 24.8 Å². The van der Waals surface area contributed by atoms with E-state index < -0.39 is 35.2 Å². The number of halogens is 1. The topological polar surface area (TPSA) is 126 Å². The smallest absolute Gasteiger partial charge is 0.322 e. The molecule has 2 unspecified atom stereocenters. The van der Waals surface area contributed by atoms with Crippen molar-refractivity contribution in [3.05, 3.63) is 57.2 Å². The molecule has 1 saturated heterocycles. The van der Waals surface area contributed by atoms with Gasteiger partial charge in [-0.15, -0.1) is 0 Å². The van der Waals surface area contributed by atoms with Crippen LogP contribution in [-0.4, -0.2) is 53.4 Å². The number of benzene rings is 2. The van der Waals surface area contributed by atoms with E-state index in [1.54, 1.807) is 24.3 Å². The minimum Gasteiger partial charge on any atom is -0.507 e. The molecule has 1 fully saturated rings. The van der Waals surface area contributed by atoms with Gasteiger partial charge in [-0.05, 0) is 39.1 Å². The van der Waals surface area contributed by atoms with Crippen LogP contribution in [0.2, 0.25) is 5.02 Å². The van der Waals surface area contributed by atoms with Crippen LogP contribution >= 0.6 is 11.6 Å². The summed E-state index contributed by atoms with van der Waals surface area (Å²) in [6, 6.07) is 8.45. The molecule has 0 saturated carbocycles. The number of nitrogens with zero attached hydrogens (tertiary/aromatic N) is 1. The first kappa shape index (κ1) is 23.1. The zero-order valence-corrected chi connectivity index (χ0v) is 19.0. The van der Waals surface area contributed by atoms with E-state index in [1.807, 2.05) is 11.9 Å². The summed E-state index contributed by atoms with van der Waals surface area (Å²) in [6.45, 7) is 2.60. The number of rotatable bonds is 4.